The van der Waals surface area contributed by atoms with Crippen LogP contribution in [0.2, 0.25) is 0 Å². The number of ether oxygens (including phenoxy) is 2. The first-order chi connectivity index (χ1) is 9.92. The summed E-state index contributed by atoms with van der Waals surface area (Å²) in [4.78, 5) is 18.6. The molecule has 0 atom stereocenters. The van der Waals surface area contributed by atoms with E-state index >= 15 is 0 Å². The summed E-state index contributed by atoms with van der Waals surface area (Å²) >= 11 is 1.89. The molecule has 0 aliphatic carbocycles. The van der Waals surface area contributed by atoms with E-state index < -0.39 is 6.61 Å². The summed E-state index contributed by atoms with van der Waals surface area (Å²) in [5.74, 6) is 0.326. The number of aryl methyl sites for hydroxylation is 1. The average molecular weight is 408 g/mol. The first-order valence-electron chi connectivity index (χ1n) is 5.82. The van der Waals surface area contributed by atoms with Gasteiger partial charge >= 0.3 is 6.61 Å². The lowest BCUT2D eigenvalue weighted by Gasteiger charge is -2.11. The van der Waals surface area contributed by atoms with Gasteiger partial charge in [0.15, 0.2) is 11.5 Å². The van der Waals surface area contributed by atoms with Crippen LogP contribution in [0.4, 0.5) is 8.78 Å². The van der Waals surface area contributed by atoms with Gasteiger partial charge in [0.1, 0.15) is 5.82 Å². The molecule has 0 saturated carbocycles. The Morgan fingerprint density at radius 2 is 2.05 bits per heavy atom. The van der Waals surface area contributed by atoms with E-state index in [0.29, 0.717) is 14.8 Å². The number of halogens is 3. The number of rotatable bonds is 4. The topological polar surface area (TPSA) is 64.2 Å². The van der Waals surface area contributed by atoms with E-state index in [4.69, 9.17) is 4.74 Å². The third-order valence-corrected chi connectivity index (χ3v) is 3.95. The summed E-state index contributed by atoms with van der Waals surface area (Å²) < 4.78 is 34.6. The van der Waals surface area contributed by atoms with Crippen molar-refractivity contribution in [3.05, 3.63) is 37.8 Å². The molecule has 112 valence electrons. The normalized spacial score (nSPS) is 10.8. The lowest BCUT2D eigenvalue weighted by molar-refractivity contribution is -0.0511. The fourth-order valence-electron chi connectivity index (χ4n) is 1.72. The standard InChI is InChI=1S/C13H11F2IN2O3/c1-6-10(16)12(19)18-11(17-6)7-3-4-8(20-2)9(5-7)21-13(14)15/h3-5,13H,1-2H3,(H,17,18,19). The molecule has 5 nitrogen and oxygen atoms in total. The van der Waals surface area contributed by atoms with Crippen LogP contribution in [0.5, 0.6) is 11.5 Å². The maximum atomic E-state index is 12.4. The first kappa shape index (κ1) is 15.7. The van der Waals surface area contributed by atoms with Gasteiger partial charge in [0.2, 0.25) is 0 Å². The van der Waals surface area contributed by atoms with Gasteiger partial charge in [-0.05, 0) is 47.7 Å². The van der Waals surface area contributed by atoms with Gasteiger partial charge in [0, 0.05) is 5.56 Å². The third kappa shape index (κ3) is 3.49. The van der Waals surface area contributed by atoms with Gasteiger partial charge in [-0.25, -0.2) is 4.98 Å². The summed E-state index contributed by atoms with van der Waals surface area (Å²) in [6, 6.07) is 4.41. The second-order valence-corrected chi connectivity index (χ2v) is 5.14. The molecule has 1 aromatic carbocycles. The van der Waals surface area contributed by atoms with Gasteiger partial charge in [-0.2, -0.15) is 8.78 Å². The predicted molar refractivity (Wildman–Crippen MR) is 80.9 cm³/mol. The molecule has 21 heavy (non-hydrogen) atoms. The molecule has 1 N–H and O–H groups in total. The highest BCUT2D eigenvalue weighted by Gasteiger charge is 2.14. The Kier molecular flexibility index (Phi) is 4.76. The summed E-state index contributed by atoms with van der Waals surface area (Å²) in [7, 11) is 1.35. The van der Waals surface area contributed by atoms with Crippen molar-refractivity contribution in [2.45, 2.75) is 13.5 Å². The smallest absolute Gasteiger partial charge is 0.387 e. The number of nitrogens with one attached hydrogen (secondary N) is 1. The number of aromatic nitrogens is 2. The van der Waals surface area contributed by atoms with Gasteiger partial charge in [-0.1, -0.05) is 0 Å². The number of aromatic amines is 1. The highest BCUT2D eigenvalue weighted by molar-refractivity contribution is 14.1. The molecule has 0 aliphatic rings. The molecule has 0 unspecified atom stereocenters. The van der Waals surface area contributed by atoms with E-state index in [1.165, 1.54) is 19.2 Å². The lowest BCUT2D eigenvalue weighted by Crippen LogP contribution is -2.14. The number of nitrogens with zero attached hydrogens (tertiary/aromatic N) is 1. The number of alkyl halides is 2. The molecule has 0 fully saturated rings. The molecule has 0 amide bonds. The average Bonchev–Trinajstić information content (AvgIpc) is 2.43. The molecule has 2 aromatic rings. The molecule has 1 aromatic heterocycles. The summed E-state index contributed by atoms with van der Waals surface area (Å²) in [5.41, 5.74) is 0.717. The van der Waals surface area contributed by atoms with Gasteiger partial charge in [-0.15, -0.1) is 0 Å². The minimum absolute atomic E-state index is 0.121. The van der Waals surface area contributed by atoms with Crippen LogP contribution in [0.25, 0.3) is 11.4 Å². The number of H-pyrrole nitrogens is 1. The van der Waals surface area contributed by atoms with Crippen LogP contribution < -0.4 is 15.0 Å². The minimum Gasteiger partial charge on any atom is -0.493 e. The van der Waals surface area contributed by atoms with Crippen LogP contribution >= 0.6 is 22.6 Å². The summed E-state index contributed by atoms with van der Waals surface area (Å²) in [5, 5.41) is 0. The molecule has 8 heteroatoms. The highest BCUT2D eigenvalue weighted by Crippen LogP contribution is 2.32. The van der Waals surface area contributed by atoms with E-state index in [1.807, 2.05) is 22.6 Å². The molecular weight excluding hydrogens is 397 g/mol. The highest BCUT2D eigenvalue weighted by atomic mass is 127. The first-order valence-corrected chi connectivity index (χ1v) is 6.90. The van der Waals surface area contributed by atoms with Crippen molar-refractivity contribution in [3.63, 3.8) is 0 Å². The second kappa shape index (κ2) is 6.37. The Labute approximate surface area is 132 Å². The number of hydrogen-bond donors (Lipinski definition) is 1. The molecular formula is C13H11F2IN2O3. The largest absolute Gasteiger partial charge is 0.493 e. The Balaban J connectivity index is 2.52. The number of benzene rings is 1. The molecule has 0 radical (unpaired) electrons. The number of methoxy groups -OCH3 is 1. The Morgan fingerprint density at radius 1 is 1.33 bits per heavy atom. The fraction of sp³-hybridized carbons (Fsp3) is 0.231. The zero-order valence-corrected chi connectivity index (χ0v) is 13.3. The van der Waals surface area contributed by atoms with Crippen molar-refractivity contribution in [2.75, 3.05) is 7.11 Å². The second-order valence-electron chi connectivity index (χ2n) is 4.06. The zero-order valence-electron chi connectivity index (χ0n) is 11.1. The Hall–Kier alpha value is -1.71. The lowest BCUT2D eigenvalue weighted by atomic mass is 10.2. The summed E-state index contributed by atoms with van der Waals surface area (Å²) in [6.07, 6.45) is 0. The monoisotopic (exact) mass is 408 g/mol. The minimum atomic E-state index is -2.97. The zero-order chi connectivity index (χ0) is 15.6. The maximum absolute atomic E-state index is 12.4. The van der Waals surface area contributed by atoms with Gasteiger partial charge in [-0.3, -0.25) is 4.79 Å². The Bertz CT molecular complexity index is 719. The predicted octanol–water partition coefficient (Wildman–Crippen LogP) is 2.96. The van der Waals surface area contributed by atoms with Gasteiger partial charge < -0.3 is 14.5 Å². The maximum Gasteiger partial charge on any atom is 0.387 e. The van der Waals surface area contributed by atoms with Crippen LogP contribution in [0.15, 0.2) is 23.0 Å². The van der Waals surface area contributed by atoms with Crippen LogP contribution in [0.3, 0.4) is 0 Å². The van der Waals surface area contributed by atoms with Crippen molar-refractivity contribution in [1.29, 1.82) is 0 Å². The van der Waals surface area contributed by atoms with Gasteiger partial charge in [0.25, 0.3) is 5.56 Å². The Morgan fingerprint density at radius 3 is 2.62 bits per heavy atom. The molecule has 0 saturated heterocycles. The van der Waals surface area contributed by atoms with E-state index in [-0.39, 0.29) is 22.9 Å². The molecule has 0 aliphatic heterocycles. The van der Waals surface area contributed by atoms with E-state index in [2.05, 4.69) is 14.7 Å². The van der Waals surface area contributed by atoms with Crippen molar-refractivity contribution in [1.82, 2.24) is 9.97 Å². The quantitative estimate of drug-likeness (QED) is 0.791. The fourth-order valence-corrected chi connectivity index (χ4v) is 1.98. The van der Waals surface area contributed by atoms with Crippen LogP contribution in [-0.4, -0.2) is 23.7 Å². The summed E-state index contributed by atoms with van der Waals surface area (Å²) in [6.45, 7) is -1.28. The van der Waals surface area contributed by atoms with Crippen LogP contribution in [0, 0.1) is 10.5 Å². The molecule has 0 bridgehead atoms. The van der Waals surface area contributed by atoms with E-state index in [0.717, 1.165) is 0 Å². The van der Waals surface area contributed by atoms with Crippen LogP contribution in [-0.2, 0) is 0 Å². The van der Waals surface area contributed by atoms with E-state index in [9.17, 15) is 13.6 Å². The SMILES string of the molecule is COc1ccc(-c2nc(C)c(I)c(=O)[nH]2)cc1OC(F)F. The van der Waals surface area contributed by atoms with E-state index in [1.54, 1.807) is 13.0 Å². The van der Waals surface area contributed by atoms with Crippen molar-refractivity contribution >= 4 is 22.6 Å². The molecule has 1 heterocycles. The van der Waals surface area contributed by atoms with Crippen molar-refractivity contribution in [3.8, 4) is 22.9 Å². The van der Waals surface area contributed by atoms with Crippen LogP contribution in [0.1, 0.15) is 5.69 Å². The van der Waals surface area contributed by atoms with Crippen molar-refractivity contribution < 1.29 is 18.3 Å². The van der Waals surface area contributed by atoms with Gasteiger partial charge in [0.05, 0.1) is 16.4 Å². The number of hydrogen-bond acceptors (Lipinski definition) is 4. The van der Waals surface area contributed by atoms with Crippen molar-refractivity contribution in [2.24, 2.45) is 0 Å². The third-order valence-electron chi connectivity index (χ3n) is 2.68. The molecule has 2 rings (SSSR count). The molecule has 0 spiro atoms.